The van der Waals surface area contributed by atoms with Crippen molar-refractivity contribution < 1.29 is 13.6 Å². The highest BCUT2D eigenvalue weighted by molar-refractivity contribution is 7.09. The Morgan fingerprint density at radius 1 is 1.48 bits per heavy atom. The Bertz CT molecular complexity index is 645. The van der Waals surface area contributed by atoms with Gasteiger partial charge in [-0.05, 0) is 19.5 Å². The van der Waals surface area contributed by atoms with Crippen LogP contribution in [0, 0.1) is 11.6 Å². The molecule has 1 unspecified atom stereocenters. The molecular weight excluding hydrogens is 296 g/mol. The summed E-state index contributed by atoms with van der Waals surface area (Å²) in [6.45, 7) is 2.09. The van der Waals surface area contributed by atoms with Crippen molar-refractivity contribution in [1.82, 2.24) is 10.3 Å². The molecule has 1 heterocycles. The molecule has 0 spiro atoms. The largest absolute Gasteiger partial charge is 0.344 e. The van der Waals surface area contributed by atoms with Gasteiger partial charge in [0.2, 0.25) is 0 Å². The van der Waals surface area contributed by atoms with Gasteiger partial charge in [0.25, 0.3) is 5.91 Å². The first-order valence-corrected chi connectivity index (χ1v) is 7.29. The third-order valence-electron chi connectivity index (χ3n) is 2.92. The first-order chi connectivity index (χ1) is 10.0. The Kier molecular flexibility index (Phi) is 4.98. The summed E-state index contributed by atoms with van der Waals surface area (Å²) in [5.74, 6) is -1.74. The lowest BCUT2D eigenvalue weighted by Crippen LogP contribution is -2.27. The van der Waals surface area contributed by atoms with E-state index in [0.717, 1.165) is 17.1 Å². The molecule has 0 radical (unpaired) electrons. The number of hydrogen-bond acceptors (Lipinski definition) is 4. The molecule has 21 heavy (non-hydrogen) atoms. The highest BCUT2D eigenvalue weighted by Crippen LogP contribution is 2.18. The third kappa shape index (κ3) is 3.83. The van der Waals surface area contributed by atoms with E-state index in [2.05, 4.69) is 10.3 Å². The summed E-state index contributed by atoms with van der Waals surface area (Å²) in [5, 5.41) is 5.05. The van der Waals surface area contributed by atoms with Crippen LogP contribution in [0.4, 0.5) is 8.78 Å². The third-order valence-corrected chi connectivity index (χ3v) is 3.83. The number of amides is 1. The SMILES string of the molecule is CC(NC(=O)c1csc(CCN)n1)c1ccc(F)cc1F. The standard InChI is InChI=1S/C14H15F2N3OS/c1-8(10-3-2-9(15)6-11(10)16)18-14(20)12-7-21-13(19-12)4-5-17/h2-3,6-8H,4-5,17H2,1H3,(H,18,20). The molecule has 7 heteroatoms. The zero-order valence-corrected chi connectivity index (χ0v) is 12.2. The molecular formula is C14H15F2N3OS. The van der Waals surface area contributed by atoms with E-state index >= 15 is 0 Å². The minimum absolute atomic E-state index is 0.224. The van der Waals surface area contributed by atoms with Crippen LogP contribution >= 0.6 is 11.3 Å². The Morgan fingerprint density at radius 3 is 2.90 bits per heavy atom. The van der Waals surface area contributed by atoms with Gasteiger partial charge in [-0.3, -0.25) is 4.79 Å². The molecule has 1 aromatic carbocycles. The zero-order chi connectivity index (χ0) is 15.4. The molecule has 0 aliphatic carbocycles. The number of nitrogens with one attached hydrogen (secondary N) is 1. The van der Waals surface area contributed by atoms with Crippen LogP contribution in [0.1, 0.15) is 34.0 Å². The second kappa shape index (κ2) is 6.73. The van der Waals surface area contributed by atoms with E-state index in [1.165, 1.54) is 17.4 Å². The minimum atomic E-state index is -0.690. The maximum atomic E-state index is 13.6. The fourth-order valence-corrected chi connectivity index (χ4v) is 2.65. The molecule has 0 saturated heterocycles. The number of carbonyl (C=O) groups excluding carboxylic acids is 1. The molecule has 4 nitrogen and oxygen atoms in total. The van der Waals surface area contributed by atoms with Crippen LogP contribution in [0.5, 0.6) is 0 Å². The minimum Gasteiger partial charge on any atom is -0.344 e. The lowest BCUT2D eigenvalue weighted by molar-refractivity contribution is 0.0935. The van der Waals surface area contributed by atoms with Crippen molar-refractivity contribution in [3.8, 4) is 0 Å². The summed E-state index contributed by atoms with van der Waals surface area (Å²) in [5.41, 5.74) is 5.93. The van der Waals surface area contributed by atoms with E-state index in [9.17, 15) is 13.6 Å². The summed E-state index contributed by atoms with van der Waals surface area (Å²) in [6.07, 6.45) is 0.611. The van der Waals surface area contributed by atoms with Gasteiger partial charge >= 0.3 is 0 Å². The Hall–Kier alpha value is -1.86. The van der Waals surface area contributed by atoms with E-state index in [0.29, 0.717) is 13.0 Å². The predicted molar refractivity (Wildman–Crippen MR) is 77.1 cm³/mol. The van der Waals surface area contributed by atoms with Crippen LogP contribution in [0.2, 0.25) is 0 Å². The maximum Gasteiger partial charge on any atom is 0.271 e. The fraction of sp³-hybridized carbons (Fsp3) is 0.286. The van der Waals surface area contributed by atoms with E-state index in [1.54, 1.807) is 12.3 Å². The highest BCUT2D eigenvalue weighted by atomic mass is 32.1. The topological polar surface area (TPSA) is 68.0 Å². The second-order valence-electron chi connectivity index (χ2n) is 4.53. The van der Waals surface area contributed by atoms with Crippen molar-refractivity contribution in [3.63, 3.8) is 0 Å². The van der Waals surface area contributed by atoms with Gasteiger partial charge in [-0.1, -0.05) is 6.07 Å². The number of thiazole rings is 1. The number of hydrogen-bond donors (Lipinski definition) is 2. The Balaban J connectivity index is 2.07. The summed E-state index contributed by atoms with van der Waals surface area (Å²) in [4.78, 5) is 16.2. The van der Waals surface area contributed by atoms with Gasteiger partial charge in [0, 0.05) is 23.4 Å². The summed E-state index contributed by atoms with van der Waals surface area (Å²) in [6, 6.07) is 2.68. The van der Waals surface area contributed by atoms with E-state index in [4.69, 9.17) is 5.73 Å². The van der Waals surface area contributed by atoms with Crippen LogP contribution in [0.3, 0.4) is 0 Å². The number of halogens is 2. The van der Waals surface area contributed by atoms with Crippen molar-refractivity contribution >= 4 is 17.2 Å². The fourth-order valence-electron chi connectivity index (χ4n) is 1.85. The van der Waals surface area contributed by atoms with Crippen molar-refractivity contribution in [3.05, 3.63) is 51.5 Å². The van der Waals surface area contributed by atoms with Crippen LogP contribution in [0.15, 0.2) is 23.6 Å². The van der Waals surface area contributed by atoms with Gasteiger partial charge in [0.05, 0.1) is 11.0 Å². The van der Waals surface area contributed by atoms with Gasteiger partial charge in [-0.25, -0.2) is 13.8 Å². The lowest BCUT2D eigenvalue weighted by Gasteiger charge is -2.14. The molecule has 1 aromatic heterocycles. The first-order valence-electron chi connectivity index (χ1n) is 6.41. The molecule has 0 saturated carbocycles. The molecule has 0 aliphatic heterocycles. The number of nitrogens with two attached hydrogens (primary N) is 1. The molecule has 3 N–H and O–H groups in total. The van der Waals surface area contributed by atoms with E-state index in [1.807, 2.05) is 0 Å². The van der Waals surface area contributed by atoms with E-state index < -0.39 is 23.6 Å². The monoisotopic (exact) mass is 311 g/mol. The number of carbonyl (C=O) groups is 1. The number of benzene rings is 1. The molecule has 0 bridgehead atoms. The second-order valence-corrected chi connectivity index (χ2v) is 5.47. The molecule has 0 fully saturated rings. The summed E-state index contributed by atoms with van der Waals surface area (Å²) < 4.78 is 26.5. The first kappa shape index (κ1) is 15.5. The average molecular weight is 311 g/mol. The van der Waals surface area contributed by atoms with Gasteiger partial charge in [-0.2, -0.15) is 0 Å². The predicted octanol–water partition coefficient (Wildman–Crippen LogP) is 2.41. The number of nitrogens with zero attached hydrogens (tertiary/aromatic N) is 1. The molecule has 112 valence electrons. The van der Waals surface area contributed by atoms with E-state index in [-0.39, 0.29) is 11.3 Å². The average Bonchev–Trinajstić information content (AvgIpc) is 2.87. The molecule has 1 amide bonds. The molecule has 0 aliphatic rings. The quantitative estimate of drug-likeness (QED) is 0.891. The van der Waals surface area contributed by atoms with Gasteiger partial charge < -0.3 is 11.1 Å². The normalized spacial score (nSPS) is 12.2. The zero-order valence-electron chi connectivity index (χ0n) is 11.4. The van der Waals surface area contributed by atoms with Crippen LogP contribution in [0.25, 0.3) is 0 Å². The Morgan fingerprint density at radius 2 is 2.24 bits per heavy atom. The molecule has 2 aromatic rings. The van der Waals surface area contributed by atoms with Gasteiger partial charge in [0.15, 0.2) is 0 Å². The summed E-state index contributed by atoms with van der Waals surface area (Å²) in [7, 11) is 0. The summed E-state index contributed by atoms with van der Waals surface area (Å²) >= 11 is 1.35. The number of rotatable bonds is 5. The Labute approximate surface area is 125 Å². The highest BCUT2D eigenvalue weighted by Gasteiger charge is 2.17. The van der Waals surface area contributed by atoms with Crippen molar-refractivity contribution in [1.29, 1.82) is 0 Å². The van der Waals surface area contributed by atoms with Crippen molar-refractivity contribution in [2.24, 2.45) is 5.73 Å². The van der Waals surface area contributed by atoms with Gasteiger partial charge in [-0.15, -0.1) is 11.3 Å². The van der Waals surface area contributed by atoms with Crippen molar-refractivity contribution in [2.75, 3.05) is 6.54 Å². The number of aromatic nitrogens is 1. The van der Waals surface area contributed by atoms with Crippen LogP contribution in [-0.4, -0.2) is 17.4 Å². The smallest absolute Gasteiger partial charge is 0.271 e. The lowest BCUT2D eigenvalue weighted by atomic mass is 10.1. The van der Waals surface area contributed by atoms with Crippen LogP contribution in [-0.2, 0) is 6.42 Å². The molecule has 1 atom stereocenters. The molecule has 2 rings (SSSR count). The van der Waals surface area contributed by atoms with Crippen molar-refractivity contribution in [2.45, 2.75) is 19.4 Å². The van der Waals surface area contributed by atoms with Gasteiger partial charge in [0.1, 0.15) is 17.3 Å². The van der Waals surface area contributed by atoms with Crippen LogP contribution < -0.4 is 11.1 Å². The maximum absolute atomic E-state index is 13.6.